The number of aromatic nitrogens is 2. The molecule has 3 heterocycles. The number of nitrogens with one attached hydrogen (secondary N) is 1. The van der Waals surface area contributed by atoms with Gasteiger partial charge in [0.1, 0.15) is 11.4 Å². The molecule has 1 N–H and O–H groups in total. The Morgan fingerprint density at radius 2 is 1.82 bits per heavy atom. The molecule has 2 atom stereocenters. The molecule has 0 saturated carbocycles. The van der Waals surface area contributed by atoms with Gasteiger partial charge in [-0.15, -0.1) is 11.3 Å². The predicted molar refractivity (Wildman–Crippen MR) is 132 cm³/mol. The monoisotopic (exact) mass is 466 g/mol. The molecule has 0 spiro atoms. The number of benzene rings is 1. The Morgan fingerprint density at radius 1 is 1.15 bits per heavy atom. The Hall–Kier alpha value is -3.00. The highest BCUT2D eigenvalue weighted by atomic mass is 32.1. The van der Waals surface area contributed by atoms with E-state index in [9.17, 15) is 14.4 Å². The number of aryl methyl sites for hydroxylation is 2. The summed E-state index contributed by atoms with van der Waals surface area (Å²) in [6.07, 6.45) is 3.46. The lowest BCUT2D eigenvalue weighted by atomic mass is 9.92. The molecule has 1 saturated heterocycles. The van der Waals surface area contributed by atoms with Crippen molar-refractivity contribution >= 4 is 39.1 Å². The van der Waals surface area contributed by atoms with E-state index in [0.29, 0.717) is 51.3 Å². The normalized spacial score (nSPS) is 18.5. The van der Waals surface area contributed by atoms with E-state index in [2.05, 4.69) is 31.1 Å². The van der Waals surface area contributed by atoms with Crippen LogP contribution in [0.2, 0.25) is 0 Å². The van der Waals surface area contributed by atoms with Crippen LogP contribution in [0.15, 0.2) is 35.4 Å². The number of rotatable bonds is 5. The van der Waals surface area contributed by atoms with E-state index in [1.54, 1.807) is 6.92 Å². The third kappa shape index (κ3) is 4.85. The van der Waals surface area contributed by atoms with Gasteiger partial charge in [-0.25, -0.2) is 4.98 Å². The number of likely N-dealkylation sites (tertiary alicyclic amines) is 1. The Bertz CT molecular complexity index is 1240. The summed E-state index contributed by atoms with van der Waals surface area (Å²) in [5.74, 6) is 0.567. The van der Waals surface area contributed by atoms with Crippen LogP contribution in [0.1, 0.15) is 48.0 Å². The minimum Gasteiger partial charge on any atom is -0.341 e. The summed E-state index contributed by atoms with van der Waals surface area (Å²) in [6, 6.07) is 7.71. The molecule has 7 nitrogen and oxygen atoms in total. The van der Waals surface area contributed by atoms with Gasteiger partial charge in [0.25, 0.3) is 11.5 Å². The number of anilines is 1. The highest BCUT2D eigenvalue weighted by Gasteiger charge is 2.26. The van der Waals surface area contributed by atoms with Crippen LogP contribution in [-0.4, -0.2) is 39.4 Å². The second kappa shape index (κ2) is 9.47. The van der Waals surface area contributed by atoms with Crippen molar-refractivity contribution in [3.05, 3.63) is 57.0 Å². The molecule has 8 heteroatoms. The molecule has 0 unspecified atom stereocenters. The van der Waals surface area contributed by atoms with Gasteiger partial charge in [-0.2, -0.15) is 0 Å². The lowest BCUT2D eigenvalue weighted by Gasteiger charge is -2.35. The average molecular weight is 467 g/mol. The van der Waals surface area contributed by atoms with E-state index in [1.165, 1.54) is 27.8 Å². The van der Waals surface area contributed by atoms with Crippen molar-refractivity contribution in [2.75, 3.05) is 18.4 Å². The first kappa shape index (κ1) is 23.2. The van der Waals surface area contributed by atoms with Crippen LogP contribution < -0.4 is 10.9 Å². The van der Waals surface area contributed by atoms with Gasteiger partial charge in [-0.3, -0.25) is 19.0 Å². The van der Waals surface area contributed by atoms with Crippen molar-refractivity contribution in [3.8, 4) is 0 Å². The Balaban J connectivity index is 1.56. The molecule has 1 aliphatic heterocycles. The molecule has 3 aromatic rings. The third-order valence-electron chi connectivity index (χ3n) is 6.27. The van der Waals surface area contributed by atoms with Gasteiger partial charge in [0.2, 0.25) is 5.91 Å². The quantitative estimate of drug-likeness (QED) is 0.614. The highest BCUT2D eigenvalue weighted by Crippen LogP contribution is 2.28. The largest absolute Gasteiger partial charge is 0.341 e. The highest BCUT2D eigenvalue weighted by molar-refractivity contribution is 7.20. The molecule has 0 bridgehead atoms. The van der Waals surface area contributed by atoms with E-state index in [-0.39, 0.29) is 23.9 Å². The number of carbonyl (C=O) groups excluding carboxylic acids is 2. The summed E-state index contributed by atoms with van der Waals surface area (Å²) in [6.45, 7) is 9.53. The predicted octanol–water partition coefficient (Wildman–Crippen LogP) is 4.09. The van der Waals surface area contributed by atoms with E-state index in [0.717, 1.165) is 12.8 Å². The van der Waals surface area contributed by atoms with Crippen molar-refractivity contribution in [1.82, 2.24) is 14.5 Å². The van der Waals surface area contributed by atoms with Crippen LogP contribution >= 0.6 is 11.3 Å². The topological polar surface area (TPSA) is 84.3 Å². The maximum atomic E-state index is 13.2. The van der Waals surface area contributed by atoms with Crippen molar-refractivity contribution in [2.24, 2.45) is 11.8 Å². The average Bonchev–Trinajstić information content (AvgIpc) is 3.12. The molecule has 2 aromatic heterocycles. The first-order chi connectivity index (χ1) is 15.8. The molecule has 0 aliphatic carbocycles. The van der Waals surface area contributed by atoms with E-state index in [1.807, 2.05) is 29.2 Å². The molecule has 1 fully saturated rings. The van der Waals surface area contributed by atoms with Crippen LogP contribution in [0.4, 0.5) is 5.69 Å². The molecule has 4 rings (SSSR count). The van der Waals surface area contributed by atoms with Gasteiger partial charge in [0.15, 0.2) is 0 Å². The van der Waals surface area contributed by atoms with Crippen LogP contribution in [-0.2, 0) is 17.8 Å². The second-order valence-corrected chi connectivity index (χ2v) is 10.2. The number of amides is 2. The molecule has 0 radical (unpaired) electrons. The summed E-state index contributed by atoms with van der Waals surface area (Å²) < 4.78 is 1.36. The molecular weight excluding hydrogens is 436 g/mol. The molecule has 2 amide bonds. The summed E-state index contributed by atoms with van der Waals surface area (Å²) in [4.78, 5) is 46.2. The summed E-state index contributed by atoms with van der Waals surface area (Å²) in [5.41, 5.74) is 2.21. The van der Waals surface area contributed by atoms with E-state index >= 15 is 0 Å². The fourth-order valence-electron chi connectivity index (χ4n) is 4.61. The SMILES string of the molecule is CCc1ccc(NC(=O)c2sc3ncn(CC(=O)N4C[C@H](C)C[C@H](C)C4)c(=O)c3c2C)cc1. The van der Waals surface area contributed by atoms with Gasteiger partial charge >= 0.3 is 0 Å². The summed E-state index contributed by atoms with van der Waals surface area (Å²) >= 11 is 1.20. The smallest absolute Gasteiger partial charge is 0.266 e. The molecule has 1 aliphatic rings. The first-order valence-corrected chi connectivity index (χ1v) is 12.2. The zero-order valence-corrected chi connectivity index (χ0v) is 20.4. The van der Waals surface area contributed by atoms with Crippen LogP contribution in [0.3, 0.4) is 0 Å². The maximum absolute atomic E-state index is 13.2. The van der Waals surface area contributed by atoms with Crippen molar-refractivity contribution < 1.29 is 9.59 Å². The number of thiophene rings is 1. The fourth-order valence-corrected chi connectivity index (χ4v) is 5.65. The number of hydrogen-bond acceptors (Lipinski definition) is 5. The van der Waals surface area contributed by atoms with E-state index in [4.69, 9.17) is 0 Å². The van der Waals surface area contributed by atoms with Gasteiger partial charge in [-0.1, -0.05) is 32.9 Å². The second-order valence-electron chi connectivity index (χ2n) is 9.16. The zero-order chi connectivity index (χ0) is 23.7. The van der Waals surface area contributed by atoms with Gasteiger partial charge in [0.05, 0.1) is 16.6 Å². The molecule has 33 heavy (non-hydrogen) atoms. The third-order valence-corrected chi connectivity index (χ3v) is 7.47. The fraction of sp³-hybridized carbons (Fsp3) is 0.440. The maximum Gasteiger partial charge on any atom is 0.266 e. The van der Waals surface area contributed by atoms with Crippen LogP contribution in [0.5, 0.6) is 0 Å². The van der Waals surface area contributed by atoms with Gasteiger partial charge in [0, 0.05) is 18.8 Å². The molecule has 174 valence electrons. The number of hydrogen-bond donors (Lipinski definition) is 1. The summed E-state index contributed by atoms with van der Waals surface area (Å²) in [7, 11) is 0. The van der Waals surface area contributed by atoms with Crippen molar-refractivity contribution in [3.63, 3.8) is 0 Å². The Kier molecular flexibility index (Phi) is 6.65. The lowest BCUT2D eigenvalue weighted by molar-refractivity contribution is -0.134. The lowest BCUT2D eigenvalue weighted by Crippen LogP contribution is -2.44. The number of carbonyl (C=O) groups is 2. The number of fused-ring (bicyclic) bond motifs is 1. The number of piperidine rings is 1. The first-order valence-electron chi connectivity index (χ1n) is 11.4. The Morgan fingerprint density at radius 3 is 2.45 bits per heavy atom. The summed E-state index contributed by atoms with van der Waals surface area (Å²) in [5, 5.41) is 3.31. The van der Waals surface area contributed by atoms with Crippen molar-refractivity contribution in [1.29, 1.82) is 0 Å². The van der Waals surface area contributed by atoms with Crippen LogP contribution in [0.25, 0.3) is 10.2 Å². The van der Waals surface area contributed by atoms with Gasteiger partial charge < -0.3 is 10.2 Å². The van der Waals surface area contributed by atoms with Gasteiger partial charge in [-0.05, 0) is 54.9 Å². The number of nitrogens with zero attached hydrogens (tertiary/aromatic N) is 3. The molecular formula is C25H30N4O3S. The Labute approximate surface area is 197 Å². The standard InChI is InChI=1S/C25H30N4O3S/c1-5-18-6-8-19(9-7-18)27-23(31)22-17(4)21-24(33-22)26-14-29(25(21)32)13-20(30)28-11-15(2)10-16(3)12-28/h6-9,14-16H,5,10-13H2,1-4H3,(H,27,31)/t15-,16+. The molecule has 1 aromatic carbocycles. The van der Waals surface area contributed by atoms with Crippen LogP contribution in [0, 0.1) is 18.8 Å². The minimum atomic E-state index is -0.286. The minimum absolute atomic E-state index is 0.0399. The van der Waals surface area contributed by atoms with Crippen molar-refractivity contribution in [2.45, 2.75) is 47.1 Å². The van der Waals surface area contributed by atoms with E-state index < -0.39 is 0 Å². The zero-order valence-electron chi connectivity index (χ0n) is 19.6.